The lowest BCUT2D eigenvalue weighted by molar-refractivity contribution is 0.0778. The van der Waals surface area contributed by atoms with E-state index in [1.165, 1.54) is 0 Å². The van der Waals surface area contributed by atoms with Gasteiger partial charge in [-0.3, -0.25) is 0 Å². The summed E-state index contributed by atoms with van der Waals surface area (Å²) in [6, 6.07) is 8.16. The van der Waals surface area contributed by atoms with Crippen LogP contribution in [-0.2, 0) is 17.7 Å². The van der Waals surface area contributed by atoms with Crippen molar-refractivity contribution in [2.45, 2.75) is 38.6 Å². The van der Waals surface area contributed by atoms with E-state index in [-0.39, 0.29) is 0 Å². The van der Waals surface area contributed by atoms with E-state index >= 15 is 0 Å². The molecule has 0 radical (unpaired) electrons. The average Bonchev–Trinajstić information content (AvgIpc) is 3.21. The Morgan fingerprint density at radius 2 is 2.00 bits per heavy atom. The van der Waals surface area contributed by atoms with Gasteiger partial charge in [0.25, 0.3) is 0 Å². The van der Waals surface area contributed by atoms with E-state index in [2.05, 4.69) is 32.7 Å². The minimum absolute atomic E-state index is 0.329. The van der Waals surface area contributed by atoms with Gasteiger partial charge in [-0.2, -0.15) is 4.98 Å². The van der Waals surface area contributed by atoms with Gasteiger partial charge >= 0.3 is 0 Å². The SMILES string of the molecule is CCc1nc2ccccc2n1Cc1noc(C2CCOCC2)n1. The van der Waals surface area contributed by atoms with Gasteiger partial charge in [0.1, 0.15) is 5.82 Å². The zero-order valence-corrected chi connectivity index (χ0v) is 13.2. The Hall–Kier alpha value is -2.21. The first-order chi connectivity index (χ1) is 11.3. The van der Waals surface area contributed by atoms with Crippen LogP contribution in [0.1, 0.15) is 43.2 Å². The van der Waals surface area contributed by atoms with Crippen molar-refractivity contribution in [2.24, 2.45) is 0 Å². The van der Waals surface area contributed by atoms with Gasteiger partial charge in [-0.05, 0) is 25.0 Å². The maximum Gasteiger partial charge on any atom is 0.229 e. The minimum atomic E-state index is 0.329. The monoisotopic (exact) mass is 312 g/mol. The molecule has 3 heterocycles. The molecule has 1 aliphatic rings. The van der Waals surface area contributed by atoms with Crippen LogP contribution in [0.25, 0.3) is 11.0 Å². The Morgan fingerprint density at radius 1 is 1.17 bits per heavy atom. The smallest absolute Gasteiger partial charge is 0.229 e. The molecular formula is C17H20N4O2. The van der Waals surface area contributed by atoms with E-state index in [9.17, 15) is 0 Å². The van der Waals surface area contributed by atoms with Crippen LogP contribution >= 0.6 is 0 Å². The van der Waals surface area contributed by atoms with Crippen molar-refractivity contribution in [2.75, 3.05) is 13.2 Å². The number of benzene rings is 1. The highest BCUT2D eigenvalue weighted by Crippen LogP contribution is 2.25. The molecule has 6 nitrogen and oxygen atoms in total. The van der Waals surface area contributed by atoms with Crippen LogP contribution in [0.5, 0.6) is 0 Å². The van der Waals surface area contributed by atoms with Gasteiger partial charge in [-0.15, -0.1) is 0 Å². The first-order valence-electron chi connectivity index (χ1n) is 8.19. The molecule has 1 saturated heterocycles. The summed E-state index contributed by atoms with van der Waals surface area (Å²) in [6.45, 7) is 4.25. The summed E-state index contributed by atoms with van der Waals surface area (Å²) in [4.78, 5) is 9.29. The van der Waals surface area contributed by atoms with Crippen molar-refractivity contribution in [3.8, 4) is 0 Å². The molecule has 1 fully saturated rings. The van der Waals surface area contributed by atoms with E-state index in [0.717, 1.165) is 55.2 Å². The van der Waals surface area contributed by atoms with Gasteiger partial charge in [0.2, 0.25) is 5.89 Å². The predicted molar refractivity (Wildman–Crippen MR) is 85.3 cm³/mol. The number of imidazole rings is 1. The minimum Gasteiger partial charge on any atom is -0.381 e. The van der Waals surface area contributed by atoms with Crippen molar-refractivity contribution < 1.29 is 9.26 Å². The second kappa shape index (κ2) is 6.12. The summed E-state index contributed by atoms with van der Waals surface area (Å²) in [6.07, 6.45) is 2.78. The number of para-hydroxylation sites is 2. The van der Waals surface area contributed by atoms with Crippen LogP contribution in [0.3, 0.4) is 0 Å². The summed E-state index contributed by atoms with van der Waals surface area (Å²) >= 11 is 0. The van der Waals surface area contributed by atoms with E-state index in [1.807, 2.05) is 18.2 Å². The van der Waals surface area contributed by atoms with Crippen LogP contribution < -0.4 is 0 Å². The van der Waals surface area contributed by atoms with Gasteiger partial charge in [0.15, 0.2) is 5.82 Å². The Bertz CT molecular complexity index is 802. The Morgan fingerprint density at radius 3 is 2.83 bits per heavy atom. The second-order valence-corrected chi connectivity index (χ2v) is 5.89. The molecule has 0 spiro atoms. The van der Waals surface area contributed by atoms with Crippen LogP contribution in [0.2, 0.25) is 0 Å². The fraction of sp³-hybridized carbons (Fsp3) is 0.471. The van der Waals surface area contributed by atoms with Gasteiger partial charge in [-0.25, -0.2) is 4.98 Å². The zero-order valence-electron chi connectivity index (χ0n) is 13.2. The molecule has 23 heavy (non-hydrogen) atoms. The van der Waals surface area contributed by atoms with Crippen molar-refractivity contribution in [1.29, 1.82) is 0 Å². The molecule has 1 aliphatic heterocycles. The van der Waals surface area contributed by atoms with Crippen molar-refractivity contribution in [1.82, 2.24) is 19.7 Å². The standard InChI is InChI=1S/C17H20N4O2/c1-2-16-18-13-5-3-4-6-14(13)21(16)11-15-19-17(23-20-15)12-7-9-22-10-8-12/h3-6,12H,2,7-11H2,1H3. The summed E-state index contributed by atoms with van der Waals surface area (Å²) in [5.41, 5.74) is 2.12. The lowest BCUT2D eigenvalue weighted by Crippen LogP contribution is -2.14. The molecule has 1 aromatic carbocycles. The van der Waals surface area contributed by atoms with E-state index < -0.39 is 0 Å². The maximum absolute atomic E-state index is 5.49. The van der Waals surface area contributed by atoms with Crippen LogP contribution in [0.4, 0.5) is 0 Å². The molecule has 0 bridgehead atoms. The van der Waals surface area contributed by atoms with E-state index in [4.69, 9.17) is 9.26 Å². The van der Waals surface area contributed by atoms with Crippen molar-refractivity contribution in [3.05, 3.63) is 41.8 Å². The Balaban J connectivity index is 1.62. The Kier molecular flexibility index (Phi) is 3.83. The lowest BCUT2D eigenvalue weighted by Gasteiger charge is -2.17. The van der Waals surface area contributed by atoms with Crippen LogP contribution in [0.15, 0.2) is 28.8 Å². The van der Waals surface area contributed by atoms with E-state index in [1.54, 1.807) is 0 Å². The quantitative estimate of drug-likeness (QED) is 0.741. The summed E-state index contributed by atoms with van der Waals surface area (Å²) < 4.78 is 13.1. The largest absolute Gasteiger partial charge is 0.381 e. The third-order valence-electron chi connectivity index (χ3n) is 4.40. The van der Waals surface area contributed by atoms with Crippen LogP contribution in [0, 0.1) is 0 Å². The number of rotatable bonds is 4. The molecule has 0 N–H and O–H groups in total. The number of aromatic nitrogens is 4. The molecule has 4 rings (SSSR count). The summed E-state index contributed by atoms with van der Waals surface area (Å²) in [5.74, 6) is 2.83. The molecule has 0 unspecified atom stereocenters. The average molecular weight is 312 g/mol. The van der Waals surface area contributed by atoms with Gasteiger partial charge in [0.05, 0.1) is 17.6 Å². The molecule has 6 heteroatoms. The molecule has 0 aliphatic carbocycles. The topological polar surface area (TPSA) is 66.0 Å². The molecule has 0 saturated carbocycles. The third-order valence-corrected chi connectivity index (χ3v) is 4.40. The molecule has 120 valence electrons. The predicted octanol–water partition coefficient (Wildman–Crippen LogP) is 2.92. The number of hydrogen-bond donors (Lipinski definition) is 0. The normalized spacial score (nSPS) is 16.2. The highest BCUT2D eigenvalue weighted by Gasteiger charge is 2.22. The molecular weight excluding hydrogens is 292 g/mol. The van der Waals surface area contributed by atoms with Crippen molar-refractivity contribution in [3.63, 3.8) is 0 Å². The van der Waals surface area contributed by atoms with Crippen molar-refractivity contribution >= 4 is 11.0 Å². The molecule has 0 amide bonds. The number of hydrogen-bond acceptors (Lipinski definition) is 5. The highest BCUT2D eigenvalue weighted by atomic mass is 16.5. The molecule has 3 aromatic rings. The van der Waals surface area contributed by atoms with Gasteiger partial charge < -0.3 is 13.8 Å². The first kappa shape index (κ1) is 14.4. The second-order valence-electron chi connectivity index (χ2n) is 5.89. The first-order valence-corrected chi connectivity index (χ1v) is 8.19. The summed E-state index contributed by atoms with van der Waals surface area (Å²) in [5, 5.41) is 4.17. The molecule has 2 aromatic heterocycles. The lowest BCUT2D eigenvalue weighted by atomic mass is 10.0. The maximum atomic E-state index is 5.49. The zero-order chi connectivity index (χ0) is 15.6. The fourth-order valence-electron chi connectivity index (χ4n) is 3.16. The van der Waals surface area contributed by atoms with Crippen LogP contribution in [-0.4, -0.2) is 32.9 Å². The number of ether oxygens (including phenoxy) is 1. The number of fused-ring (bicyclic) bond motifs is 1. The highest BCUT2D eigenvalue weighted by molar-refractivity contribution is 5.75. The number of aryl methyl sites for hydroxylation is 1. The molecule has 0 atom stereocenters. The third kappa shape index (κ3) is 2.74. The fourth-order valence-corrected chi connectivity index (χ4v) is 3.16. The number of nitrogens with zero attached hydrogens (tertiary/aromatic N) is 4. The van der Waals surface area contributed by atoms with E-state index in [0.29, 0.717) is 18.3 Å². The summed E-state index contributed by atoms with van der Waals surface area (Å²) in [7, 11) is 0. The van der Waals surface area contributed by atoms with Gasteiger partial charge in [-0.1, -0.05) is 24.2 Å². The Labute approximate surface area is 134 Å². The van der Waals surface area contributed by atoms with Gasteiger partial charge in [0, 0.05) is 25.6 Å².